The summed E-state index contributed by atoms with van der Waals surface area (Å²) in [6, 6.07) is -0.872. The molecule has 0 aliphatic rings. The molecule has 7 nitrogen and oxygen atoms in total. The second-order valence-electron chi connectivity index (χ2n) is 15.8. The zero-order chi connectivity index (χ0) is 39.6. The van der Waals surface area contributed by atoms with Gasteiger partial charge >= 0.3 is 11.9 Å². The third kappa shape index (κ3) is 38.1. The Bertz CT molecular complexity index is 905. The van der Waals surface area contributed by atoms with Crippen molar-refractivity contribution < 1.29 is 24.2 Å². The van der Waals surface area contributed by atoms with Gasteiger partial charge in [-0.05, 0) is 64.0 Å². The molecule has 0 rings (SSSR count). The van der Waals surface area contributed by atoms with E-state index in [2.05, 4.69) is 37.4 Å². The number of nitrogens with two attached hydrogens (primary N) is 1. The molecule has 0 aromatic heterocycles. The topological polar surface area (TPSA) is 119 Å². The van der Waals surface area contributed by atoms with Gasteiger partial charge in [-0.2, -0.15) is 0 Å². The average molecular weight is 761 g/mol. The number of esters is 1. The SMILES string of the molecule is CCC/C=C\C/C=C\C(CCCCCCC(=O)NC(CCCN)C(=O)O)OC(=O)CCCCCCCCCCCCCCCCCCCCCCCCC. The zero-order valence-corrected chi connectivity index (χ0v) is 35.6. The van der Waals surface area contributed by atoms with E-state index < -0.39 is 12.0 Å². The monoisotopic (exact) mass is 761 g/mol. The minimum atomic E-state index is -1.02. The highest BCUT2D eigenvalue weighted by molar-refractivity contribution is 5.83. The maximum atomic E-state index is 12.7. The Balaban J connectivity index is 3.96. The van der Waals surface area contributed by atoms with Crippen molar-refractivity contribution in [3.05, 3.63) is 24.3 Å². The number of ether oxygens (including phenoxy) is 1. The Hall–Kier alpha value is -2.15. The molecule has 0 heterocycles. The lowest BCUT2D eigenvalue weighted by Gasteiger charge is -2.15. The number of carbonyl (C=O) groups excluding carboxylic acids is 2. The van der Waals surface area contributed by atoms with Gasteiger partial charge in [0.2, 0.25) is 5.91 Å². The van der Waals surface area contributed by atoms with Gasteiger partial charge in [0.05, 0.1) is 0 Å². The summed E-state index contributed by atoms with van der Waals surface area (Å²) in [5.41, 5.74) is 5.48. The standard InChI is InChI=1S/C47H88N2O5/c1-3-5-7-9-11-12-13-14-15-16-17-18-19-20-21-22-23-24-25-26-27-29-35-41-46(51)54-43(37-32-28-10-8-6-4-2)38-33-30-31-34-40-45(50)49-44(47(52)53)39-36-42-48/h8,10,32,37,43-44H,3-7,9,11-31,33-36,38-42,48H2,1-2H3,(H,49,50)(H,52,53)/b10-8-,37-32-. The molecule has 0 aliphatic heterocycles. The smallest absolute Gasteiger partial charge is 0.326 e. The predicted octanol–water partition coefficient (Wildman–Crippen LogP) is 13.2. The molecular weight excluding hydrogens is 673 g/mol. The predicted molar refractivity (Wildman–Crippen MR) is 230 cm³/mol. The summed E-state index contributed by atoms with van der Waals surface area (Å²) in [5, 5.41) is 11.9. The van der Waals surface area contributed by atoms with Crippen molar-refractivity contribution in [1.29, 1.82) is 0 Å². The highest BCUT2D eigenvalue weighted by atomic mass is 16.5. The summed E-state index contributed by atoms with van der Waals surface area (Å²) in [4.78, 5) is 36.3. The Labute approximate surface area is 333 Å². The quantitative estimate of drug-likeness (QED) is 0.0324. The molecule has 0 radical (unpaired) electrons. The number of hydrogen-bond acceptors (Lipinski definition) is 5. The van der Waals surface area contributed by atoms with E-state index in [0.29, 0.717) is 38.6 Å². The summed E-state index contributed by atoms with van der Waals surface area (Å²) in [6.07, 6.45) is 48.5. The molecule has 1 amide bonds. The number of allylic oxidation sites excluding steroid dienone is 3. The lowest BCUT2D eigenvalue weighted by molar-refractivity contribution is -0.147. The highest BCUT2D eigenvalue weighted by Gasteiger charge is 2.19. The summed E-state index contributed by atoms with van der Waals surface area (Å²) < 4.78 is 5.89. The van der Waals surface area contributed by atoms with Crippen LogP contribution in [-0.2, 0) is 19.1 Å². The maximum Gasteiger partial charge on any atom is 0.326 e. The molecule has 7 heteroatoms. The van der Waals surface area contributed by atoms with E-state index in [-0.39, 0.29) is 18.0 Å². The summed E-state index contributed by atoms with van der Waals surface area (Å²) in [6.45, 7) is 4.86. The molecule has 0 aromatic carbocycles. The maximum absolute atomic E-state index is 12.7. The second-order valence-corrected chi connectivity index (χ2v) is 15.8. The lowest BCUT2D eigenvalue weighted by atomic mass is 10.0. The van der Waals surface area contributed by atoms with Crippen molar-refractivity contribution in [2.45, 2.75) is 251 Å². The van der Waals surface area contributed by atoms with Crippen LogP contribution in [-0.4, -0.2) is 41.6 Å². The van der Waals surface area contributed by atoms with E-state index in [4.69, 9.17) is 10.5 Å². The number of rotatable bonds is 42. The van der Waals surface area contributed by atoms with Crippen molar-refractivity contribution in [3.63, 3.8) is 0 Å². The number of amides is 1. The van der Waals surface area contributed by atoms with E-state index >= 15 is 0 Å². The molecule has 2 unspecified atom stereocenters. The van der Waals surface area contributed by atoms with E-state index in [9.17, 15) is 19.5 Å². The molecule has 2 atom stereocenters. The number of carbonyl (C=O) groups is 3. The van der Waals surface area contributed by atoms with Gasteiger partial charge in [-0.1, -0.05) is 193 Å². The molecule has 0 spiro atoms. The third-order valence-corrected chi connectivity index (χ3v) is 10.5. The molecule has 0 saturated carbocycles. The number of hydrogen-bond donors (Lipinski definition) is 3. The molecule has 0 fully saturated rings. The minimum Gasteiger partial charge on any atom is -0.480 e. The largest absolute Gasteiger partial charge is 0.480 e. The van der Waals surface area contributed by atoms with Crippen LogP contribution in [0.5, 0.6) is 0 Å². The van der Waals surface area contributed by atoms with E-state index in [1.54, 1.807) is 0 Å². The van der Waals surface area contributed by atoms with E-state index in [1.165, 1.54) is 135 Å². The van der Waals surface area contributed by atoms with Gasteiger partial charge in [-0.15, -0.1) is 0 Å². The van der Waals surface area contributed by atoms with E-state index in [1.807, 2.05) is 6.08 Å². The van der Waals surface area contributed by atoms with Gasteiger partial charge in [0, 0.05) is 12.8 Å². The van der Waals surface area contributed by atoms with Crippen molar-refractivity contribution >= 4 is 17.8 Å². The van der Waals surface area contributed by atoms with Crippen LogP contribution in [0.4, 0.5) is 0 Å². The fourth-order valence-corrected chi connectivity index (χ4v) is 7.00. The Morgan fingerprint density at radius 1 is 0.556 bits per heavy atom. The van der Waals surface area contributed by atoms with Gasteiger partial charge in [0.15, 0.2) is 0 Å². The number of aliphatic carboxylic acids is 1. The molecule has 316 valence electrons. The van der Waals surface area contributed by atoms with Crippen LogP contribution in [0.1, 0.15) is 239 Å². The van der Waals surface area contributed by atoms with Crippen LogP contribution >= 0.6 is 0 Å². The zero-order valence-electron chi connectivity index (χ0n) is 35.6. The number of carboxylic acid groups (broad SMARTS) is 1. The lowest BCUT2D eigenvalue weighted by Crippen LogP contribution is -2.40. The van der Waals surface area contributed by atoms with Crippen molar-refractivity contribution in [1.82, 2.24) is 5.32 Å². The molecule has 54 heavy (non-hydrogen) atoms. The van der Waals surface area contributed by atoms with Crippen LogP contribution < -0.4 is 11.1 Å². The van der Waals surface area contributed by atoms with Crippen molar-refractivity contribution in [3.8, 4) is 0 Å². The molecule has 0 aromatic rings. The van der Waals surface area contributed by atoms with Gasteiger partial charge in [-0.3, -0.25) is 9.59 Å². The normalized spacial score (nSPS) is 12.8. The highest BCUT2D eigenvalue weighted by Crippen LogP contribution is 2.17. The van der Waals surface area contributed by atoms with Crippen LogP contribution in [0.25, 0.3) is 0 Å². The first-order valence-corrected chi connectivity index (χ1v) is 23.2. The van der Waals surface area contributed by atoms with Gasteiger partial charge < -0.3 is 20.9 Å². The summed E-state index contributed by atoms with van der Waals surface area (Å²) in [5.74, 6) is -1.35. The number of carboxylic acids is 1. The minimum absolute atomic E-state index is 0.103. The fraction of sp³-hybridized carbons (Fsp3) is 0.851. The first kappa shape index (κ1) is 51.9. The molecule has 0 bridgehead atoms. The first-order valence-electron chi connectivity index (χ1n) is 23.2. The van der Waals surface area contributed by atoms with E-state index in [0.717, 1.165) is 57.8 Å². The van der Waals surface area contributed by atoms with Gasteiger partial charge in [0.1, 0.15) is 12.1 Å². The molecular formula is C47H88N2O5. The van der Waals surface area contributed by atoms with Crippen molar-refractivity contribution in [2.24, 2.45) is 5.73 Å². The van der Waals surface area contributed by atoms with Gasteiger partial charge in [-0.25, -0.2) is 4.79 Å². The van der Waals surface area contributed by atoms with Crippen LogP contribution in [0, 0.1) is 0 Å². The fourth-order valence-electron chi connectivity index (χ4n) is 7.00. The summed E-state index contributed by atoms with van der Waals surface area (Å²) >= 11 is 0. The Morgan fingerprint density at radius 2 is 1.02 bits per heavy atom. The van der Waals surface area contributed by atoms with Gasteiger partial charge in [0.25, 0.3) is 0 Å². The Morgan fingerprint density at radius 3 is 1.48 bits per heavy atom. The number of nitrogens with one attached hydrogen (secondary N) is 1. The third-order valence-electron chi connectivity index (χ3n) is 10.5. The average Bonchev–Trinajstić information content (AvgIpc) is 3.16. The number of unbranched alkanes of at least 4 members (excludes halogenated alkanes) is 26. The first-order chi connectivity index (χ1) is 26.4. The van der Waals surface area contributed by atoms with Crippen LogP contribution in [0.15, 0.2) is 24.3 Å². The molecule has 0 saturated heterocycles. The molecule has 4 N–H and O–H groups in total. The molecule has 0 aliphatic carbocycles. The van der Waals surface area contributed by atoms with Crippen LogP contribution in [0.2, 0.25) is 0 Å². The van der Waals surface area contributed by atoms with Crippen LogP contribution in [0.3, 0.4) is 0 Å². The second kappa shape index (κ2) is 42.0. The summed E-state index contributed by atoms with van der Waals surface area (Å²) in [7, 11) is 0. The Kier molecular flexibility index (Phi) is 40.3. The van der Waals surface area contributed by atoms with Crippen molar-refractivity contribution in [2.75, 3.05) is 6.54 Å².